The number of halogens is 1. The van der Waals surface area contributed by atoms with E-state index in [-0.39, 0.29) is 5.75 Å². The van der Waals surface area contributed by atoms with Gasteiger partial charge < -0.3 is 34.8 Å². The number of aliphatic hydroxyl groups is 4. The molecule has 0 unspecified atom stereocenters. The molecule has 0 radical (unpaired) electrons. The van der Waals surface area contributed by atoms with E-state index in [0.717, 1.165) is 11.1 Å². The van der Waals surface area contributed by atoms with E-state index in [9.17, 15) is 29.9 Å². The number of ether oxygens (including phenoxy) is 1. The Morgan fingerprint density at radius 2 is 1.70 bits per heavy atom. The molecule has 5 atom stereocenters. The largest absolute Gasteiger partial charge is 0.508 e. The van der Waals surface area contributed by atoms with Crippen LogP contribution in [-0.2, 0) is 11.2 Å². The van der Waals surface area contributed by atoms with Crippen LogP contribution in [0.2, 0.25) is 0 Å². The lowest BCUT2D eigenvalue weighted by atomic mass is 9.98. The summed E-state index contributed by atoms with van der Waals surface area (Å²) in [5.41, 5.74) is 2.71. The third-order valence-corrected chi connectivity index (χ3v) is 5.68. The van der Waals surface area contributed by atoms with Gasteiger partial charge in [-0.2, -0.15) is 0 Å². The fourth-order valence-electron chi connectivity index (χ4n) is 4.09. The van der Waals surface area contributed by atoms with Gasteiger partial charge in [-0.15, -0.1) is 0 Å². The number of benzene rings is 2. The molecule has 30 heavy (non-hydrogen) atoms. The Morgan fingerprint density at radius 3 is 2.37 bits per heavy atom. The van der Waals surface area contributed by atoms with Crippen molar-refractivity contribution in [3.8, 4) is 5.75 Å². The lowest BCUT2D eigenvalue weighted by Gasteiger charge is -2.40. The molecule has 3 aromatic rings. The molecular weight excluding hydrogens is 393 g/mol. The molecule has 2 heterocycles. The van der Waals surface area contributed by atoms with Crippen LogP contribution in [0.4, 0.5) is 4.39 Å². The van der Waals surface area contributed by atoms with Gasteiger partial charge in [-0.25, -0.2) is 4.39 Å². The monoisotopic (exact) mass is 417 g/mol. The third kappa shape index (κ3) is 3.46. The molecule has 5 N–H and O–H groups in total. The minimum atomic E-state index is -1.53. The van der Waals surface area contributed by atoms with Gasteiger partial charge in [0.2, 0.25) is 0 Å². The quantitative estimate of drug-likeness (QED) is 0.438. The smallest absolute Gasteiger partial charge is 0.163 e. The van der Waals surface area contributed by atoms with E-state index in [1.54, 1.807) is 48.0 Å². The summed E-state index contributed by atoms with van der Waals surface area (Å²) >= 11 is 0. The highest BCUT2D eigenvalue weighted by Crippen LogP contribution is 2.36. The van der Waals surface area contributed by atoms with E-state index in [1.165, 1.54) is 6.07 Å². The standard InChI is InChI=1S/C22H24FNO6/c1-11-2-7-15(23)17-13(8-12-3-5-14(26)6-4-12)9-24(18(11)17)22-21(29)20(28)19(27)16(10-25)30-22/h2-7,9,16,19-22,25-29H,8,10H2,1H3/t16-,19-,20+,21-,22-/m1/s1. The van der Waals surface area contributed by atoms with Gasteiger partial charge in [0.15, 0.2) is 6.23 Å². The Hall–Kier alpha value is -2.49. The second kappa shape index (κ2) is 7.98. The predicted octanol–water partition coefficient (Wildman–Crippen LogP) is 1.36. The van der Waals surface area contributed by atoms with Crippen LogP contribution >= 0.6 is 0 Å². The molecule has 4 rings (SSSR count). The van der Waals surface area contributed by atoms with Gasteiger partial charge in [-0.05, 0) is 48.2 Å². The van der Waals surface area contributed by atoms with Crippen LogP contribution in [0.1, 0.15) is 22.9 Å². The Balaban J connectivity index is 1.84. The number of aromatic nitrogens is 1. The van der Waals surface area contributed by atoms with Crippen molar-refractivity contribution in [2.45, 2.75) is 44.0 Å². The Bertz CT molecular complexity index is 1050. The van der Waals surface area contributed by atoms with Gasteiger partial charge >= 0.3 is 0 Å². The molecule has 7 nitrogen and oxygen atoms in total. The molecule has 160 valence electrons. The molecule has 1 aliphatic rings. The van der Waals surface area contributed by atoms with Crippen molar-refractivity contribution in [2.24, 2.45) is 0 Å². The van der Waals surface area contributed by atoms with Crippen LogP contribution in [0.15, 0.2) is 42.6 Å². The summed E-state index contributed by atoms with van der Waals surface area (Å²) in [7, 11) is 0. The van der Waals surface area contributed by atoms with Gasteiger partial charge in [0.1, 0.15) is 36.0 Å². The molecule has 1 aromatic heterocycles. The van der Waals surface area contributed by atoms with Crippen LogP contribution in [0.5, 0.6) is 5.75 Å². The topological polar surface area (TPSA) is 115 Å². The van der Waals surface area contributed by atoms with E-state index >= 15 is 0 Å². The second-order valence-corrected chi connectivity index (χ2v) is 7.71. The molecular formula is C22H24FNO6. The van der Waals surface area contributed by atoms with Crippen molar-refractivity contribution in [1.82, 2.24) is 4.57 Å². The number of fused-ring (bicyclic) bond motifs is 1. The molecule has 0 spiro atoms. The summed E-state index contributed by atoms with van der Waals surface area (Å²) in [6.45, 7) is 1.25. The van der Waals surface area contributed by atoms with Crippen LogP contribution < -0.4 is 0 Å². The van der Waals surface area contributed by atoms with Crippen molar-refractivity contribution >= 4 is 10.9 Å². The molecule has 1 fully saturated rings. The maximum Gasteiger partial charge on any atom is 0.163 e. The third-order valence-electron chi connectivity index (χ3n) is 5.68. The maximum atomic E-state index is 14.9. The van der Waals surface area contributed by atoms with Gasteiger partial charge in [0, 0.05) is 11.6 Å². The highest BCUT2D eigenvalue weighted by Gasteiger charge is 2.44. The zero-order valence-electron chi connectivity index (χ0n) is 16.3. The fourth-order valence-corrected chi connectivity index (χ4v) is 4.09. The zero-order valence-corrected chi connectivity index (χ0v) is 16.3. The van der Waals surface area contributed by atoms with Crippen LogP contribution in [0.25, 0.3) is 10.9 Å². The van der Waals surface area contributed by atoms with Gasteiger partial charge in [0.25, 0.3) is 0 Å². The van der Waals surface area contributed by atoms with Gasteiger partial charge in [-0.1, -0.05) is 18.2 Å². The van der Waals surface area contributed by atoms with E-state index in [4.69, 9.17) is 4.74 Å². The van der Waals surface area contributed by atoms with Crippen molar-refractivity contribution in [1.29, 1.82) is 0 Å². The number of phenolic OH excluding ortho intramolecular Hbond substituents is 1. The molecule has 8 heteroatoms. The number of nitrogens with zero attached hydrogens (tertiary/aromatic N) is 1. The number of hydrogen-bond acceptors (Lipinski definition) is 6. The van der Waals surface area contributed by atoms with Crippen LogP contribution in [0.3, 0.4) is 0 Å². The zero-order chi connectivity index (χ0) is 21.6. The molecule has 1 saturated heterocycles. The summed E-state index contributed by atoms with van der Waals surface area (Å²) in [6.07, 6.45) is -4.67. The number of rotatable bonds is 4. The van der Waals surface area contributed by atoms with Crippen LogP contribution in [0, 0.1) is 12.7 Å². The Morgan fingerprint density at radius 1 is 1.00 bits per heavy atom. The van der Waals surface area contributed by atoms with Crippen LogP contribution in [-0.4, -0.2) is 61.1 Å². The average molecular weight is 417 g/mol. The number of aromatic hydroxyl groups is 1. The SMILES string of the molecule is Cc1ccc(F)c2c(Cc3ccc(O)cc3)cn([C@@H]3O[C@H](CO)[C@@H](O)[C@H](O)[C@H]3O)c12. The summed E-state index contributed by atoms with van der Waals surface area (Å²) in [6, 6.07) is 9.56. The van der Waals surface area contributed by atoms with E-state index in [2.05, 4.69) is 0 Å². The highest BCUT2D eigenvalue weighted by molar-refractivity contribution is 5.88. The normalized spacial score (nSPS) is 26.9. The molecule has 0 saturated carbocycles. The van der Waals surface area contributed by atoms with Crippen molar-refractivity contribution in [2.75, 3.05) is 6.61 Å². The first-order valence-electron chi connectivity index (χ1n) is 9.68. The highest BCUT2D eigenvalue weighted by atomic mass is 19.1. The number of aliphatic hydroxyl groups excluding tert-OH is 4. The fraction of sp³-hybridized carbons (Fsp3) is 0.364. The second-order valence-electron chi connectivity index (χ2n) is 7.71. The Labute approximate surface area is 172 Å². The Kier molecular flexibility index (Phi) is 5.52. The lowest BCUT2D eigenvalue weighted by molar-refractivity contribution is -0.250. The van der Waals surface area contributed by atoms with Crippen molar-refractivity contribution < 1.29 is 34.7 Å². The summed E-state index contributed by atoms with van der Waals surface area (Å²) in [5, 5.41) is 50.2. The molecule has 1 aliphatic heterocycles. The summed E-state index contributed by atoms with van der Waals surface area (Å²) in [4.78, 5) is 0. The molecule has 0 amide bonds. The van der Waals surface area contributed by atoms with Gasteiger partial charge in [-0.3, -0.25) is 0 Å². The van der Waals surface area contributed by atoms with E-state index < -0.39 is 43.1 Å². The average Bonchev–Trinajstić information content (AvgIpc) is 3.11. The first-order chi connectivity index (χ1) is 14.3. The van der Waals surface area contributed by atoms with E-state index in [0.29, 0.717) is 22.9 Å². The summed E-state index contributed by atoms with van der Waals surface area (Å²) in [5.74, 6) is -0.308. The van der Waals surface area contributed by atoms with Crippen molar-refractivity contribution in [3.05, 3.63) is 65.1 Å². The minimum absolute atomic E-state index is 0.129. The maximum absolute atomic E-state index is 14.9. The minimum Gasteiger partial charge on any atom is -0.508 e. The summed E-state index contributed by atoms with van der Waals surface area (Å²) < 4.78 is 22.1. The van der Waals surface area contributed by atoms with E-state index in [1.807, 2.05) is 0 Å². The first-order valence-corrected chi connectivity index (χ1v) is 9.68. The van der Waals surface area contributed by atoms with Gasteiger partial charge in [0.05, 0.1) is 12.1 Å². The number of phenols is 1. The number of aryl methyl sites for hydroxylation is 1. The number of hydrogen-bond donors (Lipinski definition) is 5. The van der Waals surface area contributed by atoms with Crippen molar-refractivity contribution in [3.63, 3.8) is 0 Å². The molecule has 2 aromatic carbocycles. The first kappa shape index (κ1) is 20.8. The lowest BCUT2D eigenvalue weighted by Crippen LogP contribution is -2.56. The molecule has 0 aliphatic carbocycles. The molecule has 0 bridgehead atoms. The predicted molar refractivity (Wildman–Crippen MR) is 107 cm³/mol.